The Bertz CT molecular complexity index is 829. The number of hydrogen-bond acceptors (Lipinski definition) is 5. The monoisotopic (exact) mass is 340 g/mol. The van der Waals surface area contributed by atoms with E-state index in [2.05, 4.69) is 10.3 Å². The van der Waals surface area contributed by atoms with Crippen LogP contribution in [0.3, 0.4) is 0 Å². The van der Waals surface area contributed by atoms with Crippen molar-refractivity contribution in [3.8, 4) is 17.0 Å². The number of ether oxygens (including phenoxy) is 1. The Morgan fingerprint density at radius 2 is 1.88 bits per heavy atom. The van der Waals surface area contributed by atoms with Crippen molar-refractivity contribution in [1.82, 2.24) is 4.98 Å². The Morgan fingerprint density at radius 1 is 1.17 bits per heavy atom. The lowest BCUT2D eigenvalue weighted by Gasteiger charge is -2.05. The van der Waals surface area contributed by atoms with Gasteiger partial charge < -0.3 is 15.2 Å². The molecule has 0 spiro atoms. The number of carbonyl (C=O) groups is 1. The van der Waals surface area contributed by atoms with Gasteiger partial charge in [0, 0.05) is 11.3 Å². The number of carboxylic acid groups (broad SMARTS) is 1. The summed E-state index contributed by atoms with van der Waals surface area (Å²) in [6.45, 7) is 2.54. The Morgan fingerprint density at radius 3 is 2.50 bits per heavy atom. The Labute approximate surface area is 143 Å². The van der Waals surface area contributed by atoms with E-state index in [1.807, 2.05) is 61.5 Å². The zero-order valence-electron chi connectivity index (χ0n) is 13.0. The summed E-state index contributed by atoms with van der Waals surface area (Å²) in [5, 5.41) is 13.1. The topological polar surface area (TPSA) is 71.5 Å². The quantitative estimate of drug-likeness (QED) is 0.683. The molecule has 2 aromatic carbocycles. The van der Waals surface area contributed by atoms with Crippen LogP contribution in [0.2, 0.25) is 0 Å². The minimum Gasteiger partial charge on any atom is -0.494 e. The van der Waals surface area contributed by atoms with E-state index in [0.29, 0.717) is 17.4 Å². The summed E-state index contributed by atoms with van der Waals surface area (Å²) < 4.78 is 5.41. The molecule has 0 radical (unpaired) electrons. The largest absolute Gasteiger partial charge is 0.494 e. The maximum absolute atomic E-state index is 11.5. The van der Waals surface area contributed by atoms with Gasteiger partial charge in [0.15, 0.2) is 5.13 Å². The van der Waals surface area contributed by atoms with Gasteiger partial charge in [-0.3, -0.25) is 0 Å². The third-order valence-electron chi connectivity index (χ3n) is 3.29. The first-order valence-electron chi connectivity index (χ1n) is 7.47. The van der Waals surface area contributed by atoms with Crippen molar-refractivity contribution in [2.45, 2.75) is 6.92 Å². The molecular formula is C18H16N2O3S. The molecule has 0 aliphatic carbocycles. The summed E-state index contributed by atoms with van der Waals surface area (Å²) >= 11 is 1.12. The summed E-state index contributed by atoms with van der Waals surface area (Å²) in [5.41, 5.74) is 2.08. The minimum absolute atomic E-state index is 0.217. The van der Waals surface area contributed by atoms with Crippen LogP contribution in [0.1, 0.15) is 16.6 Å². The maximum atomic E-state index is 11.5. The normalized spacial score (nSPS) is 10.4. The van der Waals surface area contributed by atoms with E-state index < -0.39 is 5.97 Å². The Kier molecular flexibility index (Phi) is 4.77. The standard InChI is InChI=1S/C18H16N2O3S/c1-2-23-14-10-8-13(9-11-14)19-18-20-15(16(24-18)17(21)22)12-6-4-3-5-7-12/h3-11H,2H2,1H3,(H,19,20)(H,21,22). The molecule has 0 atom stereocenters. The molecule has 122 valence electrons. The van der Waals surface area contributed by atoms with Crippen molar-refractivity contribution in [3.05, 3.63) is 59.5 Å². The number of hydrogen-bond donors (Lipinski definition) is 2. The number of rotatable bonds is 6. The van der Waals surface area contributed by atoms with Gasteiger partial charge in [-0.05, 0) is 31.2 Å². The molecule has 24 heavy (non-hydrogen) atoms. The molecular weight excluding hydrogens is 324 g/mol. The average molecular weight is 340 g/mol. The summed E-state index contributed by atoms with van der Waals surface area (Å²) in [6.07, 6.45) is 0. The molecule has 0 bridgehead atoms. The number of nitrogens with zero attached hydrogens (tertiary/aromatic N) is 1. The van der Waals surface area contributed by atoms with Gasteiger partial charge >= 0.3 is 5.97 Å². The smallest absolute Gasteiger partial charge is 0.348 e. The third kappa shape index (κ3) is 3.55. The van der Waals surface area contributed by atoms with E-state index in [4.69, 9.17) is 4.74 Å². The van der Waals surface area contributed by atoms with E-state index >= 15 is 0 Å². The van der Waals surface area contributed by atoms with Crippen LogP contribution in [0.25, 0.3) is 11.3 Å². The summed E-state index contributed by atoms with van der Waals surface area (Å²) in [6, 6.07) is 16.8. The highest BCUT2D eigenvalue weighted by atomic mass is 32.1. The van der Waals surface area contributed by atoms with Crippen LogP contribution in [-0.4, -0.2) is 22.7 Å². The first-order chi connectivity index (χ1) is 11.7. The number of aromatic carboxylic acids is 1. The second kappa shape index (κ2) is 7.14. The minimum atomic E-state index is -0.980. The fourth-order valence-electron chi connectivity index (χ4n) is 2.23. The molecule has 6 heteroatoms. The van der Waals surface area contributed by atoms with Crippen LogP contribution < -0.4 is 10.1 Å². The molecule has 0 unspecified atom stereocenters. The van der Waals surface area contributed by atoms with Gasteiger partial charge in [-0.15, -0.1) is 0 Å². The number of benzene rings is 2. The number of thiazole rings is 1. The van der Waals surface area contributed by atoms with Crippen LogP contribution in [0.4, 0.5) is 10.8 Å². The fourth-order valence-corrected chi connectivity index (χ4v) is 3.08. The summed E-state index contributed by atoms with van der Waals surface area (Å²) in [7, 11) is 0. The highest BCUT2D eigenvalue weighted by molar-refractivity contribution is 7.18. The molecule has 3 aromatic rings. The van der Waals surface area contributed by atoms with Crippen LogP contribution in [0.15, 0.2) is 54.6 Å². The van der Waals surface area contributed by atoms with Gasteiger partial charge in [-0.1, -0.05) is 41.7 Å². The van der Waals surface area contributed by atoms with Gasteiger partial charge in [-0.25, -0.2) is 9.78 Å². The van der Waals surface area contributed by atoms with Crippen LogP contribution in [0.5, 0.6) is 5.75 Å². The fraction of sp³-hybridized carbons (Fsp3) is 0.111. The number of carboxylic acids is 1. The lowest BCUT2D eigenvalue weighted by atomic mass is 10.1. The first kappa shape index (κ1) is 16.0. The van der Waals surface area contributed by atoms with Crippen molar-refractivity contribution in [1.29, 1.82) is 0 Å². The molecule has 5 nitrogen and oxygen atoms in total. The molecule has 3 rings (SSSR count). The predicted octanol–water partition coefficient (Wildman–Crippen LogP) is 4.65. The molecule has 0 aliphatic rings. The van der Waals surface area contributed by atoms with E-state index in [1.54, 1.807) is 0 Å². The van der Waals surface area contributed by atoms with Crippen molar-refractivity contribution < 1.29 is 14.6 Å². The van der Waals surface area contributed by atoms with Gasteiger partial charge in [-0.2, -0.15) is 0 Å². The third-order valence-corrected chi connectivity index (χ3v) is 4.24. The van der Waals surface area contributed by atoms with Gasteiger partial charge in [0.25, 0.3) is 0 Å². The SMILES string of the molecule is CCOc1ccc(Nc2nc(-c3ccccc3)c(C(=O)O)s2)cc1. The van der Waals surface area contributed by atoms with Crippen molar-refractivity contribution in [3.63, 3.8) is 0 Å². The zero-order valence-corrected chi connectivity index (χ0v) is 13.8. The maximum Gasteiger partial charge on any atom is 0.348 e. The first-order valence-corrected chi connectivity index (χ1v) is 8.28. The lowest BCUT2D eigenvalue weighted by Crippen LogP contribution is -1.95. The number of aromatic nitrogens is 1. The number of nitrogens with one attached hydrogen (secondary N) is 1. The van der Waals surface area contributed by atoms with E-state index in [0.717, 1.165) is 28.3 Å². The van der Waals surface area contributed by atoms with E-state index in [9.17, 15) is 9.90 Å². The van der Waals surface area contributed by atoms with E-state index in [-0.39, 0.29) is 4.88 Å². The van der Waals surface area contributed by atoms with E-state index in [1.165, 1.54) is 0 Å². The van der Waals surface area contributed by atoms with Crippen molar-refractivity contribution in [2.75, 3.05) is 11.9 Å². The molecule has 0 amide bonds. The molecule has 0 aliphatic heterocycles. The molecule has 2 N–H and O–H groups in total. The molecule has 0 saturated heterocycles. The van der Waals surface area contributed by atoms with Gasteiger partial charge in [0.05, 0.1) is 12.3 Å². The highest BCUT2D eigenvalue weighted by Crippen LogP contribution is 2.32. The van der Waals surface area contributed by atoms with Gasteiger partial charge in [0.2, 0.25) is 0 Å². The Hall–Kier alpha value is -2.86. The molecule has 0 saturated carbocycles. The summed E-state index contributed by atoms with van der Waals surface area (Å²) in [4.78, 5) is 16.2. The summed E-state index contributed by atoms with van der Waals surface area (Å²) in [5.74, 6) is -0.190. The molecule has 1 aromatic heterocycles. The van der Waals surface area contributed by atoms with Crippen molar-refractivity contribution in [2.24, 2.45) is 0 Å². The Balaban J connectivity index is 1.88. The lowest BCUT2D eigenvalue weighted by molar-refractivity contribution is 0.0702. The van der Waals surface area contributed by atoms with Gasteiger partial charge in [0.1, 0.15) is 10.6 Å². The molecule has 0 fully saturated rings. The highest BCUT2D eigenvalue weighted by Gasteiger charge is 2.18. The van der Waals surface area contributed by atoms with Crippen LogP contribution >= 0.6 is 11.3 Å². The van der Waals surface area contributed by atoms with Crippen LogP contribution in [-0.2, 0) is 0 Å². The average Bonchev–Trinajstić information content (AvgIpc) is 3.02. The zero-order chi connectivity index (χ0) is 16.9. The second-order valence-electron chi connectivity index (χ2n) is 4.95. The van der Waals surface area contributed by atoms with Crippen molar-refractivity contribution >= 4 is 28.1 Å². The second-order valence-corrected chi connectivity index (χ2v) is 5.95. The predicted molar refractivity (Wildman–Crippen MR) is 95.4 cm³/mol. The number of anilines is 2. The molecule has 1 heterocycles. The van der Waals surface area contributed by atoms with Crippen LogP contribution in [0, 0.1) is 0 Å².